The van der Waals surface area contributed by atoms with Crippen LogP contribution < -0.4 is 9.73 Å². The molecule has 0 saturated carbocycles. The first-order valence-corrected chi connectivity index (χ1v) is 14.3. The third-order valence-corrected chi connectivity index (χ3v) is 8.85. The number of carbonyl (C=O) groups is 1. The maximum Gasteiger partial charge on any atom is 0.264 e. The van der Waals surface area contributed by atoms with E-state index in [1.165, 1.54) is 18.3 Å². The van der Waals surface area contributed by atoms with E-state index in [4.69, 9.17) is 23.2 Å². The summed E-state index contributed by atoms with van der Waals surface area (Å²) in [6, 6.07) is 20.8. The minimum atomic E-state index is -4.01. The summed E-state index contributed by atoms with van der Waals surface area (Å²) in [6.07, 6.45) is 1.51. The molecule has 1 amide bonds. The highest BCUT2D eigenvalue weighted by Crippen LogP contribution is 2.31. The third-order valence-electron chi connectivity index (χ3n) is 6.25. The number of benzene rings is 3. The van der Waals surface area contributed by atoms with Crippen LogP contribution in [-0.4, -0.2) is 31.7 Å². The molecular formula is C29H28Cl2N4O3S. The molecule has 1 aromatic heterocycles. The van der Waals surface area contributed by atoms with Gasteiger partial charge in [-0.2, -0.15) is 5.10 Å². The first-order chi connectivity index (χ1) is 18.5. The van der Waals surface area contributed by atoms with Crippen LogP contribution in [0.3, 0.4) is 0 Å². The van der Waals surface area contributed by atoms with Gasteiger partial charge in [-0.05, 0) is 70.2 Å². The number of halogens is 2. The first kappa shape index (κ1) is 28.4. The van der Waals surface area contributed by atoms with Crippen LogP contribution in [0.15, 0.2) is 82.8 Å². The molecule has 10 heteroatoms. The molecule has 0 unspecified atom stereocenters. The van der Waals surface area contributed by atoms with Crippen molar-refractivity contribution in [2.45, 2.75) is 32.6 Å². The Kier molecular flexibility index (Phi) is 8.49. The van der Waals surface area contributed by atoms with Crippen LogP contribution in [0.2, 0.25) is 10.0 Å². The lowest BCUT2D eigenvalue weighted by atomic mass is 10.2. The highest BCUT2D eigenvalue weighted by molar-refractivity contribution is 7.92. The quantitative estimate of drug-likeness (QED) is 0.194. The topological polar surface area (TPSA) is 83.8 Å². The van der Waals surface area contributed by atoms with Crippen molar-refractivity contribution in [1.29, 1.82) is 0 Å². The van der Waals surface area contributed by atoms with Crippen LogP contribution in [0.5, 0.6) is 0 Å². The van der Waals surface area contributed by atoms with E-state index in [0.717, 1.165) is 38.1 Å². The van der Waals surface area contributed by atoms with Gasteiger partial charge in [0.1, 0.15) is 6.54 Å². The number of nitrogens with zero attached hydrogens (tertiary/aromatic N) is 3. The van der Waals surface area contributed by atoms with Gasteiger partial charge in [-0.3, -0.25) is 9.10 Å². The minimum absolute atomic E-state index is 0.0945. The summed E-state index contributed by atoms with van der Waals surface area (Å²) in [5, 5.41) is 4.98. The largest absolute Gasteiger partial charge is 0.316 e. The molecule has 4 rings (SSSR count). The van der Waals surface area contributed by atoms with Crippen LogP contribution in [0.25, 0.3) is 5.69 Å². The number of anilines is 1. The summed E-state index contributed by atoms with van der Waals surface area (Å²) in [4.78, 5) is 13.0. The van der Waals surface area contributed by atoms with Crippen LogP contribution in [0.1, 0.15) is 28.1 Å². The SMILES string of the molecule is Cc1ccc(N(CC(=O)N/N=C\c2cc(C)n(-c3cccc(Cl)c3Cl)c2C)S(=O)(=O)c2ccc(C)cc2)cc1. The molecule has 0 aliphatic rings. The lowest BCUT2D eigenvalue weighted by Crippen LogP contribution is -2.39. The van der Waals surface area contributed by atoms with Crippen molar-refractivity contribution < 1.29 is 13.2 Å². The Bertz CT molecular complexity index is 1650. The fraction of sp³-hybridized carbons (Fsp3) is 0.172. The van der Waals surface area contributed by atoms with E-state index in [1.807, 2.05) is 50.5 Å². The Morgan fingerprint density at radius 1 is 0.949 bits per heavy atom. The van der Waals surface area contributed by atoms with E-state index in [-0.39, 0.29) is 4.90 Å². The van der Waals surface area contributed by atoms with Gasteiger partial charge in [0, 0.05) is 17.0 Å². The molecule has 0 radical (unpaired) electrons. The molecule has 1 heterocycles. The van der Waals surface area contributed by atoms with Crippen LogP contribution in [-0.2, 0) is 14.8 Å². The normalized spacial score (nSPS) is 11.6. The van der Waals surface area contributed by atoms with E-state index in [0.29, 0.717) is 15.7 Å². The van der Waals surface area contributed by atoms with E-state index in [2.05, 4.69) is 10.5 Å². The molecule has 0 bridgehead atoms. The third kappa shape index (κ3) is 6.19. The average molecular weight is 584 g/mol. The Hall–Kier alpha value is -3.59. The van der Waals surface area contributed by atoms with Gasteiger partial charge < -0.3 is 4.57 Å². The van der Waals surface area contributed by atoms with Crippen molar-refractivity contribution >= 4 is 51.0 Å². The number of aryl methyl sites for hydroxylation is 3. The molecule has 7 nitrogen and oxygen atoms in total. The van der Waals surface area contributed by atoms with Gasteiger partial charge in [0.05, 0.1) is 32.5 Å². The summed E-state index contributed by atoms with van der Waals surface area (Å²) in [7, 11) is -4.01. The van der Waals surface area contributed by atoms with E-state index in [1.54, 1.807) is 42.5 Å². The standard InChI is InChI=1S/C29H28Cl2N4O3S/c1-19-8-12-24(13-9-19)34(39(37,38)25-14-10-20(2)11-15-25)18-28(36)33-32-17-23-16-21(3)35(22(23)4)27-7-5-6-26(30)29(27)31/h5-17H,18H2,1-4H3,(H,33,36)/b32-17-. The average Bonchev–Trinajstić information content (AvgIpc) is 3.17. The van der Waals surface area contributed by atoms with E-state index < -0.39 is 22.5 Å². The molecule has 1 N–H and O–H groups in total. The molecule has 3 aromatic carbocycles. The molecule has 39 heavy (non-hydrogen) atoms. The maximum atomic E-state index is 13.5. The van der Waals surface area contributed by atoms with Crippen molar-refractivity contribution in [2.24, 2.45) is 5.10 Å². The van der Waals surface area contributed by atoms with Gasteiger partial charge in [-0.15, -0.1) is 0 Å². The highest BCUT2D eigenvalue weighted by Gasteiger charge is 2.27. The van der Waals surface area contributed by atoms with E-state index in [9.17, 15) is 13.2 Å². The van der Waals surface area contributed by atoms with Crippen LogP contribution in [0.4, 0.5) is 5.69 Å². The molecule has 4 aromatic rings. The molecule has 202 valence electrons. The minimum Gasteiger partial charge on any atom is -0.316 e. The lowest BCUT2D eigenvalue weighted by Gasteiger charge is -2.24. The summed E-state index contributed by atoms with van der Waals surface area (Å²) in [5.41, 5.74) is 7.97. The van der Waals surface area contributed by atoms with Crippen molar-refractivity contribution in [1.82, 2.24) is 9.99 Å². The van der Waals surface area contributed by atoms with Crippen LogP contribution in [0, 0.1) is 27.7 Å². The number of hydrogen-bond donors (Lipinski definition) is 1. The molecule has 0 aliphatic carbocycles. The van der Waals surface area contributed by atoms with Crippen LogP contribution >= 0.6 is 23.2 Å². The number of amides is 1. The smallest absolute Gasteiger partial charge is 0.264 e. The number of aromatic nitrogens is 1. The summed E-state index contributed by atoms with van der Waals surface area (Å²) < 4.78 is 30.1. The summed E-state index contributed by atoms with van der Waals surface area (Å²) >= 11 is 12.6. The van der Waals surface area contributed by atoms with Gasteiger partial charge in [0.15, 0.2) is 0 Å². The van der Waals surface area contributed by atoms with Gasteiger partial charge >= 0.3 is 0 Å². The van der Waals surface area contributed by atoms with Crippen molar-refractivity contribution in [3.8, 4) is 5.69 Å². The van der Waals surface area contributed by atoms with Gasteiger partial charge in [0.2, 0.25) is 0 Å². The molecule has 0 saturated heterocycles. The highest BCUT2D eigenvalue weighted by atomic mass is 35.5. The van der Waals surface area contributed by atoms with E-state index >= 15 is 0 Å². The monoisotopic (exact) mass is 582 g/mol. The predicted octanol–water partition coefficient (Wildman–Crippen LogP) is 6.36. The van der Waals surface area contributed by atoms with Crippen molar-refractivity contribution in [3.63, 3.8) is 0 Å². The Morgan fingerprint density at radius 3 is 2.21 bits per heavy atom. The number of nitrogens with one attached hydrogen (secondary N) is 1. The second-order valence-electron chi connectivity index (χ2n) is 9.19. The zero-order chi connectivity index (χ0) is 28.3. The lowest BCUT2D eigenvalue weighted by molar-refractivity contribution is -0.119. The number of rotatable bonds is 8. The summed E-state index contributed by atoms with van der Waals surface area (Å²) in [5.74, 6) is -0.589. The Morgan fingerprint density at radius 2 is 1.56 bits per heavy atom. The molecule has 0 spiro atoms. The second-order valence-corrected chi connectivity index (χ2v) is 11.8. The van der Waals surface area contributed by atoms with Gasteiger partial charge in [-0.25, -0.2) is 13.8 Å². The molecule has 0 aliphatic heterocycles. The molecular weight excluding hydrogens is 555 g/mol. The van der Waals surface area contributed by atoms with Crippen molar-refractivity contribution in [2.75, 3.05) is 10.8 Å². The second kappa shape index (κ2) is 11.7. The molecule has 0 atom stereocenters. The zero-order valence-corrected chi connectivity index (χ0v) is 24.3. The first-order valence-electron chi connectivity index (χ1n) is 12.1. The van der Waals surface area contributed by atoms with Gasteiger partial charge in [-0.1, -0.05) is 64.7 Å². The number of carbonyl (C=O) groups excluding carboxylic acids is 1. The molecule has 0 fully saturated rings. The summed E-state index contributed by atoms with van der Waals surface area (Å²) in [6.45, 7) is 7.16. The number of sulfonamides is 1. The Balaban J connectivity index is 1.56. The number of hydrogen-bond acceptors (Lipinski definition) is 4. The Labute approximate surface area is 238 Å². The predicted molar refractivity (Wildman–Crippen MR) is 158 cm³/mol. The fourth-order valence-electron chi connectivity index (χ4n) is 4.16. The fourth-order valence-corrected chi connectivity index (χ4v) is 5.96. The number of hydrazone groups is 1. The zero-order valence-electron chi connectivity index (χ0n) is 21.9. The maximum absolute atomic E-state index is 13.5. The van der Waals surface area contributed by atoms with Gasteiger partial charge in [0.25, 0.3) is 15.9 Å². The van der Waals surface area contributed by atoms with Crippen molar-refractivity contribution in [3.05, 3.63) is 111 Å².